The van der Waals surface area contributed by atoms with Gasteiger partial charge in [0.2, 0.25) is 5.91 Å². The number of hydrogen-bond donors (Lipinski definition) is 2. The summed E-state index contributed by atoms with van der Waals surface area (Å²) in [7, 11) is 4.24. The Labute approximate surface area is 156 Å². The lowest BCUT2D eigenvalue weighted by atomic mass is 10.2. The first-order valence-electron chi connectivity index (χ1n) is 7.97. The fourth-order valence-electron chi connectivity index (χ4n) is 2.29. The van der Waals surface area contributed by atoms with Crippen molar-refractivity contribution in [1.29, 1.82) is 0 Å². The van der Waals surface area contributed by atoms with Crippen LogP contribution in [-0.4, -0.2) is 45.7 Å². The molecule has 0 spiro atoms. The van der Waals surface area contributed by atoms with Gasteiger partial charge in [-0.1, -0.05) is 6.07 Å². The third-order valence-electron chi connectivity index (χ3n) is 3.62. The van der Waals surface area contributed by atoms with Crippen molar-refractivity contribution in [2.45, 2.75) is 0 Å². The van der Waals surface area contributed by atoms with Gasteiger partial charge in [-0.2, -0.15) is 0 Å². The standard InChI is InChI=1S/C19H20N2O6/c1-25-15-8-7-12(10-16(15)26-2)18(23)20-11-17(22)21-14-6-4-5-13(9-14)19(24)27-3/h4-10H,11H2,1-3H3,(H,20,23)(H,21,22). The smallest absolute Gasteiger partial charge is 0.337 e. The lowest BCUT2D eigenvalue weighted by Gasteiger charge is -2.10. The molecule has 0 aliphatic carbocycles. The van der Waals surface area contributed by atoms with Crippen LogP contribution in [0.4, 0.5) is 5.69 Å². The van der Waals surface area contributed by atoms with E-state index in [1.54, 1.807) is 30.3 Å². The second-order valence-electron chi connectivity index (χ2n) is 5.37. The number of anilines is 1. The Morgan fingerprint density at radius 1 is 0.889 bits per heavy atom. The Kier molecular flexibility index (Phi) is 6.76. The number of hydrogen-bond acceptors (Lipinski definition) is 6. The maximum absolute atomic E-state index is 12.2. The zero-order valence-corrected chi connectivity index (χ0v) is 15.2. The molecule has 0 bridgehead atoms. The van der Waals surface area contributed by atoms with E-state index in [1.807, 2.05) is 0 Å². The molecule has 8 nitrogen and oxygen atoms in total. The number of carbonyl (C=O) groups excluding carboxylic acids is 3. The highest BCUT2D eigenvalue weighted by Crippen LogP contribution is 2.27. The molecule has 0 saturated heterocycles. The van der Waals surface area contributed by atoms with Crippen LogP contribution in [0.25, 0.3) is 0 Å². The average Bonchev–Trinajstić information content (AvgIpc) is 2.70. The minimum Gasteiger partial charge on any atom is -0.493 e. The lowest BCUT2D eigenvalue weighted by Crippen LogP contribution is -2.32. The number of carbonyl (C=O) groups is 3. The van der Waals surface area contributed by atoms with Gasteiger partial charge >= 0.3 is 5.97 Å². The molecule has 27 heavy (non-hydrogen) atoms. The second-order valence-corrected chi connectivity index (χ2v) is 5.37. The van der Waals surface area contributed by atoms with Crippen LogP contribution in [0.5, 0.6) is 11.5 Å². The van der Waals surface area contributed by atoms with E-state index in [0.717, 1.165) is 0 Å². The van der Waals surface area contributed by atoms with Crippen molar-refractivity contribution >= 4 is 23.5 Å². The summed E-state index contributed by atoms with van der Waals surface area (Å²) in [4.78, 5) is 35.7. The summed E-state index contributed by atoms with van der Waals surface area (Å²) in [6, 6.07) is 11.0. The van der Waals surface area contributed by atoms with Crippen LogP contribution in [0.1, 0.15) is 20.7 Å². The van der Waals surface area contributed by atoms with E-state index in [4.69, 9.17) is 9.47 Å². The van der Waals surface area contributed by atoms with Gasteiger partial charge in [0.15, 0.2) is 11.5 Å². The zero-order valence-electron chi connectivity index (χ0n) is 15.2. The molecule has 0 aliphatic rings. The Hall–Kier alpha value is -3.55. The van der Waals surface area contributed by atoms with E-state index in [9.17, 15) is 14.4 Å². The molecule has 0 saturated carbocycles. The van der Waals surface area contributed by atoms with E-state index in [1.165, 1.54) is 33.5 Å². The molecule has 0 fully saturated rings. The van der Waals surface area contributed by atoms with Gasteiger partial charge in [-0.15, -0.1) is 0 Å². The van der Waals surface area contributed by atoms with Crippen molar-refractivity contribution in [1.82, 2.24) is 5.32 Å². The summed E-state index contributed by atoms with van der Waals surface area (Å²) in [6.07, 6.45) is 0. The van der Waals surface area contributed by atoms with Gasteiger partial charge in [0.05, 0.1) is 33.4 Å². The quantitative estimate of drug-likeness (QED) is 0.719. The minimum atomic E-state index is -0.507. The SMILES string of the molecule is COC(=O)c1cccc(NC(=O)CNC(=O)c2ccc(OC)c(OC)c2)c1. The summed E-state index contributed by atoms with van der Waals surface area (Å²) >= 11 is 0. The molecule has 2 N–H and O–H groups in total. The van der Waals surface area contributed by atoms with Gasteiger partial charge in [-0.3, -0.25) is 9.59 Å². The Morgan fingerprint density at radius 2 is 1.63 bits per heavy atom. The third-order valence-corrected chi connectivity index (χ3v) is 3.62. The number of benzene rings is 2. The molecular weight excluding hydrogens is 352 g/mol. The van der Waals surface area contributed by atoms with Crippen LogP contribution in [0.2, 0.25) is 0 Å². The molecule has 2 amide bonds. The van der Waals surface area contributed by atoms with Crippen molar-refractivity contribution in [2.75, 3.05) is 33.2 Å². The van der Waals surface area contributed by atoms with Crippen molar-refractivity contribution in [3.8, 4) is 11.5 Å². The molecule has 0 unspecified atom stereocenters. The molecule has 2 aromatic rings. The molecule has 0 aliphatic heterocycles. The monoisotopic (exact) mass is 372 g/mol. The molecule has 8 heteroatoms. The van der Waals surface area contributed by atoms with Crippen molar-refractivity contribution in [3.05, 3.63) is 53.6 Å². The van der Waals surface area contributed by atoms with Gasteiger partial charge in [-0.25, -0.2) is 4.79 Å². The van der Waals surface area contributed by atoms with Gasteiger partial charge in [0.25, 0.3) is 5.91 Å². The summed E-state index contributed by atoms with van der Waals surface area (Å²) in [5.74, 6) is -0.473. The normalized spacial score (nSPS) is 9.89. The van der Waals surface area contributed by atoms with Gasteiger partial charge in [0, 0.05) is 11.3 Å². The zero-order chi connectivity index (χ0) is 19.8. The van der Waals surface area contributed by atoms with E-state index in [0.29, 0.717) is 28.3 Å². The average molecular weight is 372 g/mol. The van der Waals surface area contributed by atoms with E-state index in [-0.39, 0.29) is 6.54 Å². The number of amides is 2. The fourth-order valence-corrected chi connectivity index (χ4v) is 2.29. The number of methoxy groups -OCH3 is 3. The van der Waals surface area contributed by atoms with Crippen LogP contribution in [0.3, 0.4) is 0 Å². The summed E-state index contributed by atoms with van der Waals surface area (Å²) in [5.41, 5.74) is 1.06. The van der Waals surface area contributed by atoms with Crippen molar-refractivity contribution in [2.24, 2.45) is 0 Å². The Bertz CT molecular complexity index is 850. The Morgan fingerprint density at radius 3 is 2.30 bits per heavy atom. The molecular formula is C19H20N2O6. The highest BCUT2D eigenvalue weighted by molar-refractivity contribution is 6.00. The van der Waals surface area contributed by atoms with E-state index < -0.39 is 17.8 Å². The predicted octanol–water partition coefficient (Wildman–Crippen LogP) is 1.86. The highest BCUT2D eigenvalue weighted by atomic mass is 16.5. The maximum Gasteiger partial charge on any atom is 0.337 e. The first-order chi connectivity index (χ1) is 13.0. The van der Waals surface area contributed by atoms with Crippen molar-refractivity contribution < 1.29 is 28.6 Å². The van der Waals surface area contributed by atoms with Gasteiger partial charge in [0.1, 0.15) is 0 Å². The van der Waals surface area contributed by atoms with Crippen LogP contribution in [0, 0.1) is 0 Å². The third kappa shape index (κ3) is 5.21. The minimum absolute atomic E-state index is 0.240. The Balaban J connectivity index is 1.95. The summed E-state index contributed by atoms with van der Waals surface area (Å²) in [5, 5.41) is 5.12. The summed E-state index contributed by atoms with van der Waals surface area (Å²) in [6.45, 7) is -0.240. The van der Waals surface area contributed by atoms with Crippen LogP contribution in [0.15, 0.2) is 42.5 Å². The molecule has 142 valence electrons. The fraction of sp³-hybridized carbons (Fsp3) is 0.211. The first-order valence-corrected chi connectivity index (χ1v) is 7.97. The predicted molar refractivity (Wildman–Crippen MR) is 98.3 cm³/mol. The van der Waals surface area contributed by atoms with E-state index in [2.05, 4.69) is 15.4 Å². The van der Waals surface area contributed by atoms with E-state index >= 15 is 0 Å². The maximum atomic E-state index is 12.2. The van der Waals surface area contributed by atoms with Crippen LogP contribution >= 0.6 is 0 Å². The second kappa shape index (κ2) is 9.23. The largest absolute Gasteiger partial charge is 0.493 e. The summed E-state index contributed by atoms with van der Waals surface area (Å²) < 4.78 is 14.9. The topological polar surface area (TPSA) is 103 Å². The number of ether oxygens (including phenoxy) is 3. The molecule has 2 aromatic carbocycles. The lowest BCUT2D eigenvalue weighted by molar-refractivity contribution is -0.115. The van der Waals surface area contributed by atoms with Crippen molar-refractivity contribution in [3.63, 3.8) is 0 Å². The van der Waals surface area contributed by atoms with Gasteiger partial charge < -0.3 is 24.8 Å². The highest BCUT2D eigenvalue weighted by Gasteiger charge is 2.12. The molecule has 0 radical (unpaired) electrons. The molecule has 0 aromatic heterocycles. The van der Waals surface area contributed by atoms with Gasteiger partial charge in [-0.05, 0) is 36.4 Å². The number of rotatable bonds is 7. The number of esters is 1. The number of nitrogens with one attached hydrogen (secondary N) is 2. The molecule has 0 heterocycles. The van der Waals surface area contributed by atoms with Crippen LogP contribution < -0.4 is 20.1 Å². The first kappa shape index (κ1) is 19.8. The van der Waals surface area contributed by atoms with Crippen LogP contribution in [-0.2, 0) is 9.53 Å². The molecule has 0 atom stereocenters. The molecule has 2 rings (SSSR count).